The predicted molar refractivity (Wildman–Crippen MR) is 68.1 cm³/mol. The van der Waals surface area contributed by atoms with E-state index in [1.807, 2.05) is 27.7 Å². The molecule has 0 spiro atoms. The molecule has 1 atom stereocenters. The Morgan fingerprint density at radius 2 is 1.59 bits per heavy atom. The van der Waals surface area contributed by atoms with Crippen LogP contribution in [0.25, 0.3) is 0 Å². The Morgan fingerprint density at radius 3 is 1.94 bits per heavy atom. The topological polar surface area (TPSA) is 29.3 Å². The van der Waals surface area contributed by atoms with Gasteiger partial charge in [0.2, 0.25) is 0 Å². The van der Waals surface area contributed by atoms with E-state index in [2.05, 4.69) is 0 Å². The van der Waals surface area contributed by atoms with E-state index in [9.17, 15) is 8.78 Å². The fourth-order valence-electron chi connectivity index (χ4n) is 1.70. The maximum Gasteiger partial charge on any atom is 0.151 e. The summed E-state index contributed by atoms with van der Waals surface area (Å²) in [5.74, 6) is -1.25. The molecule has 0 aromatic heterocycles. The van der Waals surface area contributed by atoms with Crippen LogP contribution in [0.15, 0.2) is 12.1 Å². The second kappa shape index (κ2) is 4.51. The predicted octanol–water partition coefficient (Wildman–Crippen LogP) is 3.42. The highest BCUT2D eigenvalue weighted by Crippen LogP contribution is 2.31. The molecule has 0 bridgehead atoms. The molecular formula is C13H20F2N2. The lowest BCUT2D eigenvalue weighted by Gasteiger charge is -2.37. The third-order valence-electron chi connectivity index (χ3n) is 3.23. The Balaban J connectivity index is 3.17. The maximum atomic E-state index is 13.7. The molecule has 0 amide bonds. The highest BCUT2D eigenvalue weighted by atomic mass is 19.1. The van der Waals surface area contributed by atoms with Gasteiger partial charge in [-0.1, -0.05) is 20.8 Å². The van der Waals surface area contributed by atoms with Crippen LogP contribution >= 0.6 is 0 Å². The van der Waals surface area contributed by atoms with Gasteiger partial charge in [-0.25, -0.2) is 8.78 Å². The first-order chi connectivity index (χ1) is 7.64. The van der Waals surface area contributed by atoms with Gasteiger partial charge >= 0.3 is 0 Å². The fourth-order valence-corrected chi connectivity index (χ4v) is 1.70. The van der Waals surface area contributed by atoms with E-state index in [0.717, 1.165) is 12.1 Å². The largest absolute Gasteiger partial charge is 0.399 e. The van der Waals surface area contributed by atoms with Gasteiger partial charge in [0.05, 0.1) is 0 Å². The number of nitrogens with zero attached hydrogens (tertiary/aromatic N) is 1. The summed E-state index contributed by atoms with van der Waals surface area (Å²) in [7, 11) is 1.69. The SMILES string of the molecule is CC(N(C)c1c(F)cc(N)cc1F)C(C)(C)C. The van der Waals surface area contributed by atoms with Crippen LogP contribution in [0.3, 0.4) is 0 Å². The van der Waals surface area contributed by atoms with Gasteiger partial charge in [0.25, 0.3) is 0 Å². The second-order valence-electron chi connectivity index (χ2n) is 5.49. The van der Waals surface area contributed by atoms with Crippen molar-refractivity contribution in [3.63, 3.8) is 0 Å². The molecule has 4 heteroatoms. The maximum absolute atomic E-state index is 13.7. The molecule has 0 fully saturated rings. The first-order valence-electron chi connectivity index (χ1n) is 5.62. The molecule has 1 rings (SSSR count). The standard InChI is InChI=1S/C13H20F2N2/c1-8(13(2,3)4)17(5)12-10(14)6-9(16)7-11(12)15/h6-8H,16H2,1-5H3. The van der Waals surface area contributed by atoms with Crippen LogP contribution in [0.4, 0.5) is 20.2 Å². The molecule has 2 nitrogen and oxygen atoms in total. The summed E-state index contributed by atoms with van der Waals surface area (Å²) in [6, 6.07) is 2.28. The first-order valence-corrected chi connectivity index (χ1v) is 5.62. The molecule has 1 aromatic carbocycles. The zero-order valence-corrected chi connectivity index (χ0v) is 11.0. The van der Waals surface area contributed by atoms with E-state index >= 15 is 0 Å². The summed E-state index contributed by atoms with van der Waals surface area (Å²) < 4.78 is 27.5. The molecule has 0 saturated carbocycles. The number of halogens is 2. The normalized spacial score (nSPS) is 13.6. The van der Waals surface area contributed by atoms with Gasteiger partial charge in [-0.15, -0.1) is 0 Å². The highest BCUT2D eigenvalue weighted by Gasteiger charge is 2.27. The summed E-state index contributed by atoms with van der Waals surface area (Å²) >= 11 is 0. The van der Waals surface area contributed by atoms with Crippen molar-refractivity contribution in [1.82, 2.24) is 0 Å². The van der Waals surface area contributed by atoms with E-state index in [-0.39, 0.29) is 22.8 Å². The van der Waals surface area contributed by atoms with Crippen LogP contribution in [-0.4, -0.2) is 13.1 Å². The quantitative estimate of drug-likeness (QED) is 0.805. The number of nitrogens with two attached hydrogens (primary N) is 1. The molecule has 2 N–H and O–H groups in total. The van der Waals surface area contributed by atoms with Crippen molar-refractivity contribution >= 4 is 11.4 Å². The Morgan fingerprint density at radius 1 is 1.18 bits per heavy atom. The Labute approximate surface area is 101 Å². The Kier molecular flexibility index (Phi) is 3.65. The lowest BCUT2D eigenvalue weighted by atomic mass is 9.87. The average molecular weight is 242 g/mol. The van der Waals surface area contributed by atoms with E-state index in [1.54, 1.807) is 11.9 Å². The molecule has 0 radical (unpaired) electrons. The summed E-state index contributed by atoms with van der Waals surface area (Å²) in [6.45, 7) is 8.03. The highest BCUT2D eigenvalue weighted by molar-refractivity contribution is 5.56. The van der Waals surface area contributed by atoms with Gasteiger partial charge < -0.3 is 10.6 Å². The van der Waals surface area contributed by atoms with Gasteiger partial charge in [-0.2, -0.15) is 0 Å². The molecule has 1 aromatic rings. The number of hydrogen-bond donors (Lipinski definition) is 1. The van der Waals surface area contributed by atoms with Gasteiger partial charge in [0.1, 0.15) is 5.69 Å². The number of nitrogen functional groups attached to an aromatic ring is 1. The van der Waals surface area contributed by atoms with Crippen molar-refractivity contribution < 1.29 is 8.78 Å². The minimum Gasteiger partial charge on any atom is -0.399 e. The van der Waals surface area contributed by atoms with Crippen LogP contribution in [0, 0.1) is 17.0 Å². The van der Waals surface area contributed by atoms with Gasteiger partial charge in [-0.3, -0.25) is 0 Å². The van der Waals surface area contributed by atoms with Crippen molar-refractivity contribution in [3.8, 4) is 0 Å². The van der Waals surface area contributed by atoms with Crippen molar-refractivity contribution in [1.29, 1.82) is 0 Å². The Hall–Kier alpha value is -1.32. The third kappa shape index (κ3) is 2.87. The first kappa shape index (κ1) is 13.7. The smallest absolute Gasteiger partial charge is 0.151 e. The Bertz CT molecular complexity index is 387. The number of anilines is 2. The molecule has 0 aliphatic heterocycles. The van der Waals surface area contributed by atoms with Crippen molar-refractivity contribution in [2.45, 2.75) is 33.7 Å². The van der Waals surface area contributed by atoms with Crippen LogP contribution in [-0.2, 0) is 0 Å². The average Bonchev–Trinajstić information content (AvgIpc) is 2.13. The molecule has 96 valence electrons. The molecule has 0 heterocycles. The summed E-state index contributed by atoms with van der Waals surface area (Å²) in [6.07, 6.45) is 0. The minimum absolute atomic E-state index is 0.00451. The fraction of sp³-hybridized carbons (Fsp3) is 0.538. The molecular weight excluding hydrogens is 222 g/mol. The number of hydrogen-bond acceptors (Lipinski definition) is 2. The van der Waals surface area contributed by atoms with E-state index < -0.39 is 11.6 Å². The van der Waals surface area contributed by atoms with E-state index in [0.29, 0.717) is 0 Å². The monoisotopic (exact) mass is 242 g/mol. The number of benzene rings is 1. The van der Waals surface area contributed by atoms with Crippen LogP contribution in [0.2, 0.25) is 0 Å². The lowest BCUT2D eigenvalue weighted by molar-refractivity contribution is 0.326. The second-order valence-corrected chi connectivity index (χ2v) is 5.49. The van der Waals surface area contributed by atoms with Crippen molar-refractivity contribution in [2.75, 3.05) is 17.7 Å². The summed E-state index contributed by atoms with van der Waals surface area (Å²) in [5, 5.41) is 0. The molecule has 0 saturated heterocycles. The third-order valence-corrected chi connectivity index (χ3v) is 3.23. The van der Waals surface area contributed by atoms with Crippen molar-refractivity contribution in [2.24, 2.45) is 5.41 Å². The van der Waals surface area contributed by atoms with Crippen LogP contribution in [0.5, 0.6) is 0 Å². The summed E-state index contributed by atoms with van der Waals surface area (Å²) in [4.78, 5) is 1.62. The van der Waals surface area contributed by atoms with E-state index in [1.165, 1.54) is 0 Å². The zero-order valence-electron chi connectivity index (χ0n) is 11.0. The van der Waals surface area contributed by atoms with Crippen LogP contribution < -0.4 is 10.6 Å². The number of rotatable bonds is 2. The summed E-state index contributed by atoms with van der Waals surface area (Å²) in [5.41, 5.74) is 5.39. The molecule has 0 aliphatic rings. The molecule has 0 aliphatic carbocycles. The molecule has 17 heavy (non-hydrogen) atoms. The zero-order chi connectivity index (χ0) is 13.4. The molecule has 1 unspecified atom stereocenters. The van der Waals surface area contributed by atoms with Gasteiger partial charge in [-0.05, 0) is 24.5 Å². The lowest BCUT2D eigenvalue weighted by Crippen LogP contribution is -2.40. The van der Waals surface area contributed by atoms with E-state index in [4.69, 9.17) is 5.73 Å². The van der Waals surface area contributed by atoms with Gasteiger partial charge in [0, 0.05) is 18.8 Å². The van der Waals surface area contributed by atoms with Crippen LogP contribution in [0.1, 0.15) is 27.7 Å². The minimum atomic E-state index is -0.624. The van der Waals surface area contributed by atoms with Gasteiger partial charge in [0.15, 0.2) is 11.6 Å². The van der Waals surface area contributed by atoms with Crippen molar-refractivity contribution in [3.05, 3.63) is 23.8 Å².